The number of rotatable bonds is 1. The zero-order chi connectivity index (χ0) is 14.3. The lowest BCUT2D eigenvalue weighted by Crippen LogP contribution is -2.32. The number of alkyl halides is 1. The summed E-state index contributed by atoms with van der Waals surface area (Å²) in [6.45, 7) is 0. The van der Waals surface area contributed by atoms with E-state index in [1.807, 2.05) is 0 Å². The first-order valence-electron chi connectivity index (χ1n) is 5.89. The maximum Gasteiger partial charge on any atom is 0.246 e. The highest BCUT2D eigenvalue weighted by atomic mass is 35.5. The van der Waals surface area contributed by atoms with Gasteiger partial charge in [0.1, 0.15) is 5.88 Å². The molecule has 0 radical (unpaired) electrons. The number of carbonyl (C=O) groups is 1. The molecule has 0 aromatic heterocycles. The highest BCUT2D eigenvalue weighted by molar-refractivity contribution is 7.92. The Morgan fingerprint density at radius 3 is 1.85 bits per heavy atom. The van der Waals surface area contributed by atoms with Crippen LogP contribution in [0.15, 0.2) is 58.3 Å². The number of para-hydroxylation sites is 2. The summed E-state index contributed by atoms with van der Waals surface area (Å²) in [7, 11) is -3.61. The number of hydrogen-bond donors (Lipinski definition) is 0. The Kier molecular flexibility index (Phi) is 3.03. The first-order valence-corrected chi connectivity index (χ1v) is 7.91. The van der Waals surface area contributed by atoms with E-state index in [1.54, 1.807) is 36.4 Å². The number of sulfone groups is 1. The summed E-state index contributed by atoms with van der Waals surface area (Å²) in [6, 6.07) is 12.8. The smallest absolute Gasteiger partial charge is 0.246 e. The molecule has 4 nitrogen and oxygen atoms in total. The molecule has 3 rings (SSSR count). The molecule has 2 aromatic carbocycles. The minimum absolute atomic E-state index is 0.122. The average Bonchev–Trinajstić information content (AvgIpc) is 2.47. The lowest BCUT2D eigenvalue weighted by atomic mass is 10.2. The van der Waals surface area contributed by atoms with Gasteiger partial charge in [0.15, 0.2) is 0 Å². The Bertz CT molecular complexity index is 748. The molecule has 6 heteroatoms. The van der Waals surface area contributed by atoms with Crippen molar-refractivity contribution in [2.24, 2.45) is 0 Å². The molecular formula is C14H10ClNO3S. The van der Waals surface area contributed by atoms with Crippen LogP contribution in [-0.2, 0) is 14.6 Å². The molecule has 20 heavy (non-hydrogen) atoms. The summed E-state index contributed by atoms with van der Waals surface area (Å²) in [6.07, 6.45) is 0. The van der Waals surface area contributed by atoms with E-state index in [1.165, 1.54) is 17.0 Å². The summed E-state index contributed by atoms with van der Waals surface area (Å²) in [5.41, 5.74) is 0.689. The van der Waals surface area contributed by atoms with Gasteiger partial charge in [0.25, 0.3) is 0 Å². The van der Waals surface area contributed by atoms with Crippen molar-refractivity contribution in [2.45, 2.75) is 9.79 Å². The topological polar surface area (TPSA) is 54.5 Å². The zero-order valence-electron chi connectivity index (χ0n) is 10.3. The molecule has 0 spiro atoms. The number of carbonyl (C=O) groups excluding carboxylic acids is 1. The van der Waals surface area contributed by atoms with E-state index in [4.69, 9.17) is 11.6 Å². The molecule has 1 amide bonds. The largest absolute Gasteiger partial charge is 0.277 e. The monoisotopic (exact) mass is 307 g/mol. The van der Waals surface area contributed by atoms with Gasteiger partial charge in [0, 0.05) is 0 Å². The predicted molar refractivity (Wildman–Crippen MR) is 76.2 cm³/mol. The lowest BCUT2D eigenvalue weighted by molar-refractivity contribution is -0.115. The van der Waals surface area contributed by atoms with Gasteiger partial charge in [0.2, 0.25) is 15.7 Å². The molecule has 1 aliphatic heterocycles. The summed E-state index contributed by atoms with van der Waals surface area (Å²) in [4.78, 5) is 13.7. The number of nitrogens with zero attached hydrogens (tertiary/aromatic N) is 1. The van der Waals surface area contributed by atoms with Crippen LogP contribution in [0.1, 0.15) is 0 Å². The minimum atomic E-state index is -3.61. The van der Waals surface area contributed by atoms with Crippen molar-refractivity contribution in [3.05, 3.63) is 48.5 Å². The van der Waals surface area contributed by atoms with Crippen LogP contribution in [0.2, 0.25) is 0 Å². The number of anilines is 2. The van der Waals surface area contributed by atoms with Crippen molar-refractivity contribution in [3.8, 4) is 0 Å². The van der Waals surface area contributed by atoms with Crippen LogP contribution in [0.4, 0.5) is 11.4 Å². The minimum Gasteiger partial charge on any atom is -0.277 e. The number of hydrogen-bond acceptors (Lipinski definition) is 3. The summed E-state index contributed by atoms with van der Waals surface area (Å²) < 4.78 is 25.2. The van der Waals surface area contributed by atoms with E-state index in [-0.39, 0.29) is 21.6 Å². The fourth-order valence-electron chi connectivity index (χ4n) is 2.31. The van der Waals surface area contributed by atoms with E-state index in [0.717, 1.165) is 0 Å². The summed E-state index contributed by atoms with van der Waals surface area (Å²) in [5.74, 6) is -0.579. The first-order chi connectivity index (χ1) is 9.57. The molecule has 0 saturated heterocycles. The van der Waals surface area contributed by atoms with Gasteiger partial charge in [0.05, 0.1) is 21.2 Å². The fraction of sp³-hybridized carbons (Fsp3) is 0.0714. The molecule has 0 bridgehead atoms. The van der Waals surface area contributed by atoms with Crippen molar-refractivity contribution >= 4 is 38.7 Å². The first kappa shape index (κ1) is 13.1. The van der Waals surface area contributed by atoms with E-state index >= 15 is 0 Å². The lowest BCUT2D eigenvalue weighted by Gasteiger charge is -2.30. The van der Waals surface area contributed by atoms with Crippen molar-refractivity contribution in [1.29, 1.82) is 0 Å². The van der Waals surface area contributed by atoms with Gasteiger partial charge < -0.3 is 0 Å². The Hall–Kier alpha value is -1.85. The number of amides is 1. The van der Waals surface area contributed by atoms with E-state index in [0.29, 0.717) is 11.4 Å². The van der Waals surface area contributed by atoms with Crippen molar-refractivity contribution in [2.75, 3.05) is 10.8 Å². The van der Waals surface area contributed by atoms with Crippen LogP contribution in [0, 0.1) is 0 Å². The van der Waals surface area contributed by atoms with Crippen LogP contribution in [0.5, 0.6) is 0 Å². The molecule has 0 unspecified atom stereocenters. The van der Waals surface area contributed by atoms with Crippen molar-refractivity contribution in [3.63, 3.8) is 0 Å². The number of halogens is 1. The third kappa shape index (κ3) is 1.74. The van der Waals surface area contributed by atoms with Gasteiger partial charge in [-0.3, -0.25) is 9.69 Å². The maximum absolute atomic E-state index is 12.6. The third-order valence-electron chi connectivity index (χ3n) is 3.16. The van der Waals surface area contributed by atoms with Crippen molar-refractivity contribution in [1.82, 2.24) is 0 Å². The Balaban J connectivity index is 2.39. The summed E-state index contributed by atoms with van der Waals surface area (Å²) >= 11 is 5.65. The molecule has 0 aliphatic carbocycles. The highest BCUT2D eigenvalue weighted by Crippen LogP contribution is 2.43. The second kappa shape index (κ2) is 4.61. The highest BCUT2D eigenvalue weighted by Gasteiger charge is 2.35. The van der Waals surface area contributed by atoms with Crippen LogP contribution < -0.4 is 4.90 Å². The average molecular weight is 308 g/mol. The molecule has 1 heterocycles. The second-order valence-corrected chi connectivity index (χ2v) is 6.46. The second-order valence-electron chi connectivity index (χ2n) is 4.30. The third-order valence-corrected chi connectivity index (χ3v) is 5.23. The molecular weight excluding hydrogens is 298 g/mol. The van der Waals surface area contributed by atoms with Gasteiger partial charge >= 0.3 is 0 Å². The van der Waals surface area contributed by atoms with Crippen LogP contribution >= 0.6 is 11.6 Å². The Labute approximate surface area is 121 Å². The molecule has 0 N–H and O–H groups in total. The van der Waals surface area contributed by atoms with Gasteiger partial charge in [-0.25, -0.2) is 8.42 Å². The summed E-state index contributed by atoms with van der Waals surface area (Å²) in [5, 5.41) is 0. The van der Waals surface area contributed by atoms with Gasteiger partial charge in [-0.05, 0) is 24.3 Å². The SMILES string of the molecule is O=C(CCl)N1c2ccccc2S(=O)(=O)c2ccccc21. The van der Waals surface area contributed by atoms with Gasteiger partial charge in [-0.2, -0.15) is 0 Å². The zero-order valence-corrected chi connectivity index (χ0v) is 11.9. The predicted octanol–water partition coefficient (Wildman–Crippen LogP) is 2.74. The van der Waals surface area contributed by atoms with E-state index in [9.17, 15) is 13.2 Å². The van der Waals surface area contributed by atoms with E-state index < -0.39 is 9.84 Å². The molecule has 1 aliphatic rings. The molecule has 0 atom stereocenters. The molecule has 0 fully saturated rings. The van der Waals surface area contributed by atoms with Gasteiger partial charge in [-0.15, -0.1) is 11.6 Å². The maximum atomic E-state index is 12.6. The van der Waals surface area contributed by atoms with Crippen LogP contribution in [0.3, 0.4) is 0 Å². The molecule has 2 aromatic rings. The number of fused-ring (bicyclic) bond motifs is 2. The number of benzene rings is 2. The molecule has 102 valence electrons. The van der Waals surface area contributed by atoms with Crippen molar-refractivity contribution < 1.29 is 13.2 Å². The van der Waals surface area contributed by atoms with Gasteiger partial charge in [-0.1, -0.05) is 24.3 Å². The standard InChI is InChI=1S/C14H10ClNO3S/c15-9-14(17)16-10-5-1-3-7-12(10)20(18,19)13-8-4-2-6-11(13)16/h1-8H,9H2. The molecule has 0 saturated carbocycles. The van der Waals surface area contributed by atoms with Crippen LogP contribution in [-0.4, -0.2) is 20.2 Å². The Morgan fingerprint density at radius 2 is 1.40 bits per heavy atom. The van der Waals surface area contributed by atoms with E-state index in [2.05, 4.69) is 0 Å². The fourth-order valence-corrected chi connectivity index (χ4v) is 4.06. The Morgan fingerprint density at radius 1 is 0.950 bits per heavy atom. The normalized spacial score (nSPS) is 15.3. The quantitative estimate of drug-likeness (QED) is 0.761. The van der Waals surface area contributed by atoms with Crippen LogP contribution in [0.25, 0.3) is 0 Å².